The lowest BCUT2D eigenvalue weighted by molar-refractivity contribution is -0.118. The highest BCUT2D eigenvalue weighted by molar-refractivity contribution is 7.12. The molecule has 27 heavy (non-hydrogen) atoms. The molecule has 3 aromatic rings. The summed E-state index contributed by atoms with van der Waals surface area (Å²) >= 11 is 7.22. The van der Waals surface area contributed by atoms with Crippen LogP contribution in [0.15, 0.2) is 72.1 Å². The fraction of sp³-hybridized carbons (Fsp3) is 0.0476. The van der Waals surface area contributed by atoms with Gasteiger partial charge in [-0.2, -0.15) is 0 Å². The first kappa shape index (κ1) is 18.9. The van der Waals surface area contributed by atoms with Crippen LogP contribution in [0.2, 0.25) is 5.02 Å². The highest BCUT2D eigenvalue weighted by Crippen LogP contribution is 2.16. The molecule has 0 bridgehead atoms. The van der Waals surface area contributed by atoms with Gasteiger partial charge in [-0.3, -0.25) is 9.59 Å². The molecule has 0 aliphatic rings. The summed E-state index contributed by atoms with van der Waals surface area (Å²) in [5.74, 6) is 0.287. The summed E-state index contributed by atoms with van der Waals surface area (Å²) in [5, 5.41) is 5.20. The second-order valence-corrected chi connectivity index (χ2v) is 6.97. The topological polar surface area (TPSA) is 55.4 Å². The van der Waals surface area contributed by atoms with Crippen LogP contribution in [-0.4, -0.2) is 18.3 Å². The van der Waals surface area contributed by atoms with Crippen LogP contribution in [0.25, 0.3) is 6.08 Å². The van der Waals surface area contributed by atoms with Gasteiger partial charge in [0.2, 0.25) is 0 Å². The van der Waals surface area contributed by atoms with Crippen molar-refractivity contribution < 1.29 is 14.3 Å². The van der Waals surface area contributed by atoms with Crippen LogP contribution in [0.4, 0.5) is 5.69 Å². The van der Waals surface area contributed by atoms with Crippen LogP contribution in [0.1, 0.15) is 15.2 Å². The number of hydrogen-bond acceptors (Lipinski definition) is 4. The van der Waals surface area contributed by atoms with Crippen molar-refractivity contribution in [3.05, 3.63) is 87.6 Å². The summed E-state index contributed by atoms with van der Waals surface area (Å²) < 4.78 is 5.48. The van der Waals surface area contributed by atoms with Gasteiger partial charge in [-0.25, -0.2) is 0 Å². The average molecular weight is 398 g/mol. The van der Waals surface area contributed by atoms with E-state index in [0.717, 1.165) is 5.56 Å². The van der Waals surface area contributed by atoms with Gasteiger partial charge < -0.3 is 10.1 Å². The Morgan fingerprint density at radius 3 is 2.44 bits per heavy atom. The molecule has 0 aliphatic carbocycles. The van der Waals surface area contributed by atoms with Crippen molar-refractivity contribution in [2.24, 2.45) is 0 Å². The maximum atomic E-state index is 11.9. The smallest absolute Gasteiger partial charge is 0.262 e. The fourth-order valence-electron chi connectivity index (χ4n) is 2.23. The van der Waals surface area contributed by atoms with Crippen LogP contribution >= 0.6 is 22.9 Å². The average Bonchev–Trinajstić information content (AvgIpc) is 3.22. The molecule has 6 heteroatoms. The molecule has 0 atom stereocenters. The lowest BCUT2D eigenvalue weighted by Gasteiger charge is -2.08. The second kappa shape index (κ2) is 9.16. The van der Waals surface area contributed by atoms with E-state index in [9.17, 15) is 9.59 Å². The minimum atomic E-state index is -0.261. The fourth-order valence-corrected chi connectivity index (χ4v) is 3.00. The Morgan fingerprint density at radius 2 is 1.78 bits per heavy atom. The van der Waals surface area contributed by atoms with Crippen molar-refractivity contribution in [3.8, 4) is 5.75 Å². The van der Waals surface area contributed by atoms with Crippen LogP contribution in [0.3, 0.4) is 0 Å². The minimum absolute atomic E-state index is 0.0239. The normalized spacial score (nSPS) is 10.7. The first-order chi connectivity index (χ1) is 13.1. The van der Waals surface area contributed by atoms with E-state index in [4.69, 9.17) is 16.3 Å². The minimum Gasteiger partial charge on any atom is -0.484 e. The zero-order valence-electron chi connectivity index (χ0n) is 14.2. The van der Waals surface area contributed by atoms with E-state index in [0.29, 0.717) is 21.3 Å². The summed E-state index contributed by atoms with van der Waals surface area (Å²) in [6.07, 6.45) is 3.29. The SMILES string of the molecule is O=C(COc1ccc(C=CC(=O)c2cccs2)cc1)Nc1ccc(Cl)cc1. The summed E-state index contributed by atoms with van der Waals surface area (Å²) in [6.45, 7) is -0.103. The number of carbonyl (C=O) groups is 2. The lowest BCUT2D eigenvalue weighted by Crippen LogP contribution is -2.20. The van der Waals surface area contributed by atoms with Crippen molar-refractivity contribution >= 4 is 46.4 Å². The highest BCUT2D eigenvalue weighted by Gasteiger charge is 2.04. The van der Waals surface area contributed by atoms with Crippen molar-refractivity contribution in [2.45, 2.75) is 0 Å². The summed E-state index contributed by atoms with van der Waals surface area (Å²) in [7, 11) is 0. The van der Waals surface area contributed by atoms with Gasteiger partial charge in [0.1, 0.15) is 5.75 Å². The number of amides is 1. The number of ether oxygens (including phenoxy) is 1. The third-order valence-corrected chi connectivity index (χ3v) is 4.71. The molecule has 136 valence electrons. The van der Waals surface area contributed by atoms with E-state index < -0.39 is 0 Å². The van der Waals surface area contributed by atoms with E-state index in [-0.39, 0.29) is 18.3 Å². The third-order valence-electron chi connectivity index (χ3n) is 3.57. The third kappa shape index (κ3) is 5.81. The van der Waals surface area contributed by atoms with Gasteiger partial charge in [0.25, 0.3) is 5.91 Å². The van der Waals surface area contributed by atoms with Gasteiger partial charge in [-0.15, -0.1) is 11.3 Å². The summed E-state index contributed by atoms with van der Waals surface area (Å²) in [4.78, 5) is 24.6. The Labute approximate surface area is 166 Å². The predicted molar refractivity (Wildman–Crippen MR) is 110 cm³/mol. The molecule has 1 aromatic heterocycles. The number of rotatable bonds is 7. The largest absolute Gasteiger partial charge is 0.484 e. The molecule has 0 spiro atoms. The molecule has 0 aliphatic heterocycles. The number of hydrogen-bond donors (Lipinski definition) is 1. The number of halogens is 1. The van der Waals surface area contributed by atoms with Crippen LogP contribution in [0, 0.1) is 0 Å². The first-order valence-electron chi connectivity index (χ1n) is 8.14. The quantitative estimate of drug-likeness (QED) is 0.434. The number of nitrogens with one attached hydrogen (secondary N) is 1. The van der Waals surface area contributed by atoms with Gasteiger partial charge in [0.05, 0.1) is 4.88 Å². The zero-order chi connectivity index (χ0) is 19.1. The van der Waals surface area contributed by atoms with Crippen LogP contribution < -0.4 is 10.1 Å². The molecule has 3 rings (SSSR count). The number of thiophene rings is 1. The van der Waals surface area contributed by atoms with Gasteiger partial charge in [0, 0.05) is 10.7 Å². The monoisotopic (exact) mass is 397 g/mol. The standard InChI is InChI=1S/C21H16ClNO3S/c22-16-6-8-17(9-7-16)23-21(25)14-26-18-10-3-15(4-11-18)5-12-19(24)20-2-1-13-27-20/h1-13H,14H2,(H,23,25). The molecule has 1 amide bonds. The van der Waals surface area contributed by atoms with Crippen LogP contribution in [-0.2, 0) is 4.79 Å². The molecule has 4 nitrogen and oxygen atoms in total. The van der Waals surface area contributed by atoms with Gasteiger partial charge in [-0.1, -0.05) is 35.9 Å². The zero-order valence-corrected chi connectivity index (χ0v) is 15.8. The number of anilines is 1. The molecule has 1 N–H and O–H groups in total. The molecule has 0 saturated heterocycles. The number of benzene rings is 2. The Hall–Kier alpha value is -2.89. The molecule has 0 fully saturated rings. The lowest BCUT2D eigenvalue weighted by atomic mass is 10.2. The van der Waals surface area contributed by atoms with E-state index in [1.165, 1.54) is 11.3 Å². The van der Waals surface area contributed by atoms with Gasteiger partial charge in [-0.05, 0) is 59.5 Å². The van der Waals surface area contributed by atoms with Crippen molar-refractivity contribution in [1.82, 2.24) is 0 Å². The Morgan fingerprint density at radius 1 is 1.04 bits per heavy atom. The molecule has 0 radical (unpaired) electrons. The van der Waals surface area contributed by atoms with E-state index >= 15 is 0 Å². The van der Waals surface area contributed by atoms with Gasteiger partial charge >= 0.3 is 0 Å². The van der Waals surface area contributed by atoms with Gasteiger partial charge in [0.15, 0.2) is 12.4 Å². The maximum absolute atomic E-state index is 11.9. The molecular formula is C21H16ClNO3S. The highest BCUT2D eigenvalue weighted by atomic mass is 35.5. The van der Waals surface area contributed by atoms with Crippen molar-refractivity contribution in [1.29, 1.82) is 0 Å². The van der Waals surface area contributed by atoms with Crippen LogP contribution in [0.5, 0.6) is 5.75 Å². The van der Waals surface area contributed by atoms with E-state index in [1.54, 1.807) is 54.6 Å². The Kier molecular flexibility index (Phi) is 6.41. The Balaban J connectivity index is 1.49. The van der Waals surface area contributed by atoms with Crippen molar-refractivity contribution in [3.63, 3.8) is 0 Å². The molecule has 0 saturated carbocycles. The second-order valence-electron chi connectivity index (χ2n) is 5.59. The van der Waals surface area contributed by atoms with E-state index in [2.05, 4.69) is 5.32 Å². The predicted octanol–water partition coefficient (Wildman–Crippen LogP) is 5.32. The van der Waals surface area contributed by atoms with E-state index in [1.807, 2.05) is 23.6 Å². The molecule has 2 aromatic carbocycles. The maximum Gasteiger partial charge on any atom is 0.262 e. The Bertz CT molecular complexity index is 933. The van der Waals surface area contributed by atoms with Crippen molar-refractivity contribution in [2.75, 3.05) is 11.9 Å². The summed E-state index contributed by atoms with van der Waals surface area (Å²) in [6, 6.07) is 17.6. The number of allylic oxidation sites excluding steroid dienone is 1. The molecule has 1 heterocycles. The molecule has 0 unspecified atom stereocenters. The number of carbonyl (C=O) groups excluding carboxylic acids is 2. The summed E-state index contributed by atoms with van der Waals surface area (Å²) in [5.41, 5.74) is 1.53. The molecular weight excluding hydrogens is 382 g/mol. The number of ketones is 1. The first-order valence-corrected chi connectivity index (χ1v) is 9.40.